The fourth-order valence-electron chi connectivity index (χ4n) is 3.33. The van der Waals surface area contributed by atoms with Gasteiger partial charge in [0, 0.05) is 17.3 Å². The second-order valence-corrected chi connectivity index (χ2v) is 9.45. The van der Waals surface area contributed by atoms with Crippen molar-refractivity contribution in [3.8, 4) is 5.75 Å². The highest BCUT2D eigenvalue weighted by atomic mass is 35.5. The molecule has 0 bridgehead atoms. The van der Waals surface area contributed by atoms with Gasteiger partial charge in [0.1, 0.15) is 5.75 Å². The number of nitrogens with two attached hydrogens (primary N) is 1. The Kier molecular flexibility index (Phi) is 7.53. The number of hydrogen-bond acceptors (Lipinski definition) is 5. The van der Waals surface area contributed by atoms with E-state index in [1.165, 1.54) is 30.3 Å². The molecule has 1 fully saturated rings. The van der Waals surface area contributed by atoms with Crippen LogP contribution in [0.5, 0.6) is 5.75 Å². The first-order valence-electron chi connectivity index (χ1n) is 9.89. The predicted octanol–water partition coefficient (Wildman–Crippen LogP) is 3.07. The average molecular weight is 466 g/mol. The Labute approximate surface area is 186 Å². The number of anilines is 1. The molecule has 2 aromatic carbocycles. The maximum Gasteiger partial charge on any atom is 0.262 e. The molecule has 0 radical (unpaired) electrons. The molecule has 166 valence electrons. The number of halogens is 1. The van der Waals surface area contributed by atoms with Crippen LogP contribution in [-0.4, -0.2) is 32.9 Å². The number of nitrogens with one attached hydrogen (secondary N) is 2. The lowest BCUT2D eigenvalue weighted by atomic mass is 9.96. The Morgan fingerprint density at radius 2 is 1.74 bits per heavy atom. The lowest BCUT2D eigenvalue weighted by Crippen LogP contribution is -2.36. The van der Waals surface area contributed by atoms with Crippen molar-refractivity contribution in [3.05, 3.63) is 53.1 Å². The predicted molar refractivity (Wildman–Crippen MR) is 118 cm³/mol. The van der Waals surface area contributed by atoms with Crippen molar-refractivity contribution in [3.63, 3.8) is 0 Å². The van der Waals surface area contributed by atoms with Crippen LogP contribution in [0.2, 0.25) is 5.02 Å². The molecule has 1 saturated carbocycles. The molecule has 0 saturated heterocycles. The Morgan fingerprint density at radius 3 is 2.35 bits per heavy atom. The second-order valence-electron chi connectivity index (χ2n) is 7.33. The number of hydrogen-bond donors (Lipinski definition) is 3. The van der Waals surface area contributed by atoms with E-state index in [0.29, 0.717) is 11.3 Å². The van der Waals surface area contributed by atoms with E-state index < -0.39 is 21.8 Å². The molecular weight excluding hydrogens is 442 g/mol. The average Bonchev–Trinajstić information content (AvgIpc) is 2.73. The van der Waals surface area contributed by atoms with Crippen molar-refractivity contribution in [1.29, 1.82) is 0 Å². The van der Waals surface area contributed by atoms with E-state index in [-0.39, 0.29) is 28.3 Å². The van der Waals surface area contributed by atoms with Gasteiger partial charge in [-0.3, -0.25) is 9.59 Å². The first kappa shape index (κ1) is 23.1. The Hall–Kier alpha value is -2.62. The van der Waals surface area contributed by atoms with Crippen LogP contribution in [0, 0.1) is 0 Å². The standard InChI is InChI=1S/C21H24ClN3O5S/c22-18-12-17(31(28,29)25-16-4-2-1-3-5-16)10-11-19(18)30-13-20(26)24-15-8-6-14(7-9-15)21(23)27/h6-12,16,25H,1-5,13H2,(H2,23,27)(H,24,26). The van der Waals surface area contributed by atoms with Gasteiger partial charge >= 0.3 is 0 Å². The minimum atomic E-state index is -3.68. The number of sulfonamides is 1. The summed E-state index contributed by atoms with van der Waals surface area (Å²) in [7, 11) is -3.68. The van der Waals surface area contributed by atoms with Crippen LogP contribution in [0.3, 0.4) is 0 Å². The topological polar surface area (TPSA) is 128 Å². The summed E-state index contributed by atoms with van der Waals surface area (Å²) >= 11 is 6.18. The van der Waals surface area contributed by atoms with Crippen LogP contribution < -0.4 is 20.5 Å². The first-order valence-corrected chi connectivity index (χ1v) is 11.7. The lowest BCUT2D eigenvalue weighted by Gasteiger charge is -2.22. The smallest absolute Gasteiger partial charge is 0.262 e. The highest BCUT2D eigenvalue weighted by molar-refractivity contribution is 7.89. The third-order valence-electron chi connectivity index (χ3n) is 4.95. The molecule has 2 amide bonds. The van der Waals surface area contributed by atoms with E-state index >= 15 is 0 Å². The van der Waals surface area contributed by atoms with Crippen LogP contribution >= 0.6 is 11.6 Å². The molecule has 10 heteroatoms. The molecule has 0 heterocycles. The van der Waals surface area contributed by atoms with Gasteiger partial charge in [-0.2, -0.15) is 0 Å². The molecule has 1 aliphatic rings. The Morgan fingerprint density at radius 1 is 1.06 bits per heavy atom. The molecular formula is C21H24ClN3O5S. The largest absolute Gasteiger partial charge is 0.482 e. The van der Waals surface area contributed by atoms with Crippen LogP contribution in [0.1, 0.15) is 42.5 Å². The van der Waals surface area contributed by atoms with Gasteiger partial charge in [-0.1, -0.05) is 30.9 Å². The van der Waals surface area contributed by atoms with Gasteiger partial charge in [0.2, 0.25) is 15.9 Å². The van der Waals surface area contributed by atoms with Gasteiger partial charge in [-0.15, -0.1) is 0 Å². The summed E-state index contributed by atoms with van der Waals surface area (Å²) in [6.07, 6.45) is 4.81. The summed E-state index contributed by atoms with van der Waals surface area (Å²) in [5, 5.41) is 2.70. The fourth-order valence-corrected chi connectivity index (χ4v) is 4.96. The molecule has 1 aliphatic carbocycles. The van der Waals surface area contributed by atoms with E-state index in [1.807, 2.05) is 0 Å². The lowest BCUT2D eigenvalue weighted by molar-refractivity contribution is -0.118. The molecule has 2 aromatic rings. The van der Waals surface area contributed by atoms with E-state index in [4.69, 9.17) is 22.1 Å². The number of ether oxygens (including phenoxy) is 1. The maximum absolute atomic E-state index is 12.6. The zero-order valence-electron chi connectivity index (χ0n) is 16.8. The quantitative estimate of drug-likeness (QED) is 0.552. The molecule has 31 heavy (non-hydrogen) atoms. The SMILES string of the molecule is NC(=O)c1ccc(NC(=O)COc2ccc(S(=O)(=O)NC3CCCCC3)cc2Cl)cc1. The summed E-state index contributed by atoms with van der Waals surface area (Å²) in [5.74, 6) is -0.814. The number of primary amides is 1. The zero-order chi connectivity index (χ0) is 22.4. The summed E-state index contributed by atoms with van der Waals surface area (Å²) in [6, 6.07) is 10.1. The number of carbonyl (C=O) groups is 2. The molecule has 8 nitrogen and oxygen atoms in total. The number of benzene rings is 2. The van der Waals surface area contributed by atoms with E-state index in [1.54, 1.807) is 12.1 Å². The molecule has 0 atom stereocenters. The van der Waals surface area contributed by atoms with Crippen LogP contribution in [0.15, 0.2) is 47.4 Å². The van der Waals surface area contributed by atoms with Gasteiger partial charge in [0.15, 0.2) is 6.61 Å². The van der Waals surface area contributed by atoms with E-state index in [9.17, 15) is 18.0 Å². The Balaban J connectivity index is 1.57. The highest BCUT2D eigenvalue weighted by Crippen LogP contribution is 2.28. The molecule has 3 rings (SSSR count). The molecule has 0 aliphatic heterocycles. The van der Waals surface area contributed by atoms with Crippen molar-refractivity contribution in [2.24, 2.45) is 5.73 Å². The monoisotopic (exact) mass is 465 g/mol. The van der Waals surface area contributed by atoms with Crippen LogP contribution in [0.4, 0.5) is 5.69 Å². The fraction of sp³-hybridized carbons (Fsp3) is 0.333. The minimum absolute atomic E-state index is 0.0504. The van der Waals surface area contributed by atoms with Crippen molar-refractivity contribution >= 4 is 39.1 Å². The van der Waals surface area contributed by atoms with Crippen molar-refractivity contribution in [2.75, 3.05) is 11.9 Å². The van der Waals surface area contributed by atoms with E-state index in [2.05, 4.69) is 10.0 Å². The summed E-state index contributed by atoms with van der Waals surface area (Å²) in [5.41, 5.74) is 5.98. The zero-order valence-corrected chi connectivity index (χ0v) is 18.3. The van der Waals surface area contributed by atoms with Crippen molar-refractivity contribution in [2.45, 2.75) is 43.0 Å². The van der Waals surface area contributed by atoms with Gasteiger partial charge in [0.25, 0.3) is 5.91 Å². The van der Waals surface area contributed by atoms with Crippen LogP contribution in [0.25, 0.3) is 0 Å². The number of amides is 2. The normalized spacial score (nSPS) is 14.7. The number of carbonyl (C=O) groups excluding carboxylic acids is 2. The van der Waals surface area contributed by atoms with Crippen molar-refractivity contribution in [1.82, 2.24) is 4.72 Å². The van der Waals surface area contributed by atoms with E-state index in [0.717, 1.165) is 32.1 Å². The summed E-state index contributed by atoms with van der Waals surface area (Å²) in [6.45, 7) is -0.330. The van der Waals surface area contributed by atoms with Gasteiger partial charge in [-0.25, -0.2) is 13.1 Å². The van der Waals surface area contributed by atoms with Gasteiger partial charge < -0.3 is 15.8 Å². The summed E-state index contributed by atoms with van der Waals surface area (Å²) in [4.78, 5) is 23.2. The number of rotatable bonds is 8. The molecule has 0 aromatic heterocycles. The molecule has 0 unspecified atom stereocenters. The minimum Gasteiger partial charge on any atom is -0.482 e. The third kappa shape index (κ3) is 6.43. The highest BCUT2D eigenvalue weighted by Gasteiger charge is 2.22. The van der Waals surface area contributed by atoms with Crippen molar-refractivity contribution < 1.29 is 22.7 Å². The second kappa shape index (κ2) is 10.1. The summed E-state index contributed by atoms with van der Waals surface area (Å²) < 4.78 is 33.3. The molecule has 4 N–H and O–H groups in total. The maximum atomic E-state index is 12.6. The first-order chi connectivity index (χ1) is 14.7. The van der Waals surface area contributed by atoms with Gasteiger partial charge in [0.05, 0.1) is 9.92 Å². The van der Waals surface area contributed by atoms with Gasteiger partial charge in [-0.05, 0) is 55.3 Å². The molecule has 0 spiro atoms. The Bertz CT molecular complexity index is 1050. The van der Waals surface area contributed by atoms with Crippen LogP contribution in [-0.2, 0) is 14.8 Å². The third-order valence-corrected chi connectivity index (χ3v) is 6.77.